The molecule has 2 heterocycles. The summed E-state index contributed by atoms with van der Waals surface area (Å²) in [6, 6.07) is 14.8. The van der Waals surface area contributed by atoms with Gasteiger partial charge in [0.2, 0.25) is 0 Å². The van der Waals surface area contributed by atoms with Gasteiger partial charge in [-0.25, -0.2) is 9.78 Å². The summed E-state index contributed by atoms with van der Waals surface area (Å²) in [6.07, 6.45) is 7.24. The highest BCUT2D eigenvalue weighted by atomic mass is 16.5. The van der Waals surface area contributed by atoms with Crippen LogP contribution in [-0.2, 0) is 17.8 Å². The molecule has 1 fully saturated rings. The predicted octanol–water partition coefficient (Wildman–Crippen LogP) is 7.53. The van der Waals surface area contributed by atoms with Crippen molar-refractivity contribution in [2.45, 2.75) is 79.3 Å². The number of rotatable bonds is 10. The Bertz CT molecular complexity index is 1370. The third-order valence-corrected chi connectivity index (χ3v) is 8.42. The Morgan fingerprint density at radius 1 is 1.05 bits per heavy atom. The van der Waals surface area contributed by atoms with E-state index in [2.05, 4.69) is 62.0 Å². The number of nitrogen functional groups attached to an aromatic ring is 1. The maximum atomic E-state index is 12.3. The van der Waals surface area contributed by atoms with E-state index >= 15 is 0 Å². The number of likely N-dealkylation sites (tertiary alicyclic amines) is 1. The molecule has 0 aliphatic carbocycles. The molecule has 0 saturated carbocycles. The van der Waals surface area contributed by atoms with Crippen molar-refractivity contribution >= 4 is 28.4 Å². The van der Waals surface area contributed by atoms with E-state index in [4.69, 9.17) is 10.5 Å². The van der Waals surface area contributed by atoms with Crippen LogP contribution in [0, 0.1) is 6.92 Å². The van der Waals surface area contributed by atoms with Crippen LogP contribution in [0.15, 0.2) is 53.7 Å². The molecule has 6 nitrogen and oxygen atoms in total. The number of piperidine rings is 1. The third kappa shape index (κ3) is 6.67. The van der Waals surface area contributed by atoms with Gasteiger partial charge in [-0.05, 0) is 76.6 Å². The van der Waals surface area contributed by atoms with Gasteiger partial charge in [0.15, 0.2) is 0 Å². The zero-order valence-corrected chi connectivity index (χ0v) is 25.3. The summed E-state index contributed by atoms with van der Waals surface area (Å²) in [7, 11) is 3.79. The highest BCUT2D eigenvalue weighted by molar-refractivity contribution is 6.00. The Morgan fingerprint density at radius 2 is 1.73 bits per heavy atom. The van der Waals surface area contributed by atoms with Crippen molar-refractivity contribution in [1.82, 2.24) is 4.98 Å². The Hall–Kier alpha value is -3.38. The first-order valence-electron chi connectivity index (χ1n) is 14.8. The van der Waals surface area contributed by atoms with Gasteiger partial charge in [-0.3, -0.25) is 0 Å². The van der Waals surface area contributed by atoms with E-state index in [0.29, 0.717) is 16.9 Å². The minimum atomic E-state index is -0.380. The van der Waals surface area contributed by atoms with Crippen LogP contribution in [-0.4, -0.2) is 42.7 Å². The molecule has 1 aliphatic rings. The second-order valence-electron chi connectivity index (χ2n) is 11.9. The minimum Gasteiger partial charge on any atom is -0.465 e. The molecule has 2 aromatic carbocycles. The Morgan fingerprint density at radius 3 is 2.35 bits per heavy atom. The molecule has 6 heteroatoms. The number of allylic oxidation sites excluding steroid dienone is 2. The molecule has 1 aliphatic heterocycles. The Balaban J connectivity index is 1.76. The third-order valence-electron chi connectivity index (χ3n) is 8.42. The quantitative estimate of drug-likeness (QED) is 0.211. The molecule has 0 unspecified atom stereocenters. The number of carbonyl (C=O) groups excluding carboxylic acids is 1. The Kier molecular flexibility index (Phi) is 9.52. The number of carbonyl (C=O) groups is 1. The van der Waals surface area contributed by atoms with Crippen molar-refractivity contribution in [2.24, 2.45) is 0 Å². The van der Waals surface area contributed by atoms with Crippen molar-refractivity contribution in [1.29, 1.82) is 0 Å². The number of aromatic nitrogens is 1. The fourth-order valence-corrected chi connectivity index (χ4v) is 6.07. The maximum Gasteiger partial charge on any atom is 0.337 e. The fourth-order valence-electron chi connectivity index (χ4n) is 6.07. The van der Waals surface area contributed by atoms with Gasteiger partial charge < -0.3 is 19.9 Å². The standard InChI is InChI=1S/C34H47N4O2/c1-7-8-12-31(24(2)3)37(22-26-13-15-27(16-14-26)23-38(5)19-10-9-11-20-38)32-25(4)33(35)36-30-21-28(34(39)40-6)17-18-29(30)32/h13-18,21H,7-12,19-20,22-23H2,1-6H3,(H2,35,36)/q+1. The largest absolute Gasteiger partial charge is 0.465 e. The molecular weight excluding hydrogens is 496 g/mol. The SMILES string of the molecule is CCCCC(=C(C)C)N(Cc1ccc(C[N+]2(C)CCCCC2)cc1)c1c(C)c(N)nc2cc(C(=O)OC)ccc12. The van der Waals surface area contributed by atoms with Crippen molar-refractivity contribution in [3.05, 3.63) is 76.0 Å². The topological polar surface area (TPSA) is 68.5 Å². The number of ether oxygens (including phenoxy) is 1. The van der Waals surface area contributed by atoms with Crippen LogP contribution in [0.3, 0.4) is 0 Å². The number of nitrogens with zero attached hydrogens (tertiary/aromatic N) is 3. The maximum absolute atomic E-state index is 12.3. The lowest BCUT2D eigenvalue weighted by Crippen LogP contribution is -2.46. The number of hydrogen-bond acceptors (Lipinski definition) is 5. The van der Waals surface area contributed by atoms with Crippen LogP contribution < -0.4 is 10.6 Å². The lowest BCUT2D eigenvalue weighted by molar-refractivity contribution is -0.926. The second-order valence-corrected chi connectivity index (χ2v) is 11.9. The summed E-state index contributed by atoms with van der Waals surface area (Å²) in [5.41, 5.74) is 14.9. The number of anilines is 2. The molecule has 0 radical (unpaired) electrons. The van der Waals surface area contributed by atoms with E-state index in [-0.39, 0.29) is 5.97 Å². The number of fused-ring (bicyclic) bond motifs is 1. The fraction of sp³-hybridized carbons (Fsp3) is 0.471. The first-order chi connectivity index (χ1) is 19.2. The molecule has 4 rings (SSSR count). The monoisotopic (exact) mass is 543 g/mol. The van der Waals surface area contributed by atoms with Crippen LogP contribution in [0.4, 0.5) is 11.5 Å². The number of nitrogens with two attached hydrogens (primary N) is 1. The van der Waals surface area contributed by atoms with Gasteiger partial charge in [0.1, 0.15) is 12.4 Å². The van der Waals surface area contributed by atoms with Gasteiger partial charge in [-0.1, -0.05) is 43.2 Å². The second kappa shape index (κ2) is 12.9. The summed E-state index contributed by atoms with van der Waals surface area (Å²) < 4.78 is 6.09. The summed E-state index contributed by atoms with van der Waals surface area (Å²) in [6.45, 7) is 13.0. The Labute approximate surface area is 240 Å². The molecule has 214 valence electrons. The average molecular weight is 544 g/mol. The molecule has 1 saturated heterocycles. The molecule has 0 bridgehead atoms. The van der Waals surface area contributed by atoms with Crippen LogP contribution >= 0.6 is 0 Å². The van der Waals surface area contributed by atoms with Crippen LogP contribution in [0.5, 0.6) is 0 Å². The molecule has 40 heavy (non-hydrogen) atoms. The van der Waals surface area contributed by atoms with Gasteiger partial charge in [0.25, 0.3) is 0 Å². The molecule has 2 N–H and O–H groups in total. The van der Waals surface area contributed by atoms with E-state index in [1.165, 1.54) is 61.9 Å². The lowest BCUT2D eigenvalue weighted by Gasteiger charge is -2.38. The van der Waals surface area contributed by atoms with Crippen molar-refractivity contribution in [3.8, 4) is 0 Å². The molecular formula is C34H47N4O2+. The zero-order chi connectivity index (χ0) is 28.9. The number of methoxy groups -OCH3 is 1. The van der Waals surface area contributed by atoms with Gasteiger partial charge in [-0.2, -0.15) is 0 Å². The molecule has 3 aromatic rings. The zero-order valence-electron chi connectivity index (χ0n) is 25.3. The van der Waals surface area contributed by atoms with E-state index in [1.807, 2.05) is 19.1 Å². The van der Waals surface area contributed by atoms with Crippen LogP contribution in [0.1, 0.15) is 86.3 Å². The highest BCUT2D eigenvalue weighted by Crippen LogP contribution is 2.38. The number of unbranched alkanes of at least 4 members (excludes halogenated alkanes) is 1. The van der Waals surface area contributed by atoms with E-state index < -0.39 is 0 Å². The normalized spacial score (nSPS) is 14.7. The number of esters is 1. The highest BCUT2D eigenvalue weighted by Gasteiger charge is 2.25. The lowest BCUT2D eigenvalue weighted by atomic mass is 10.0. The smallest absolute Gasteiger partial charge is 0.337 e. The number of hydrogen-bond donors (Lipinski definition) is 1. The average Bonchev–Trinajstić information content (AvgIpc) is 2.94. The first-order valence-corrected chi connectivity index (χ1v) is 14.8. The predicted molar refractivity (Wildman–Crippen MR) is 166 cm³/mol. The van der Waals surface area contributed by atoms with Crippen LogP contribution in [0.25, 0.3) is 10.9 Å². The number of benzene rings is 2. The van der Waals surface area contributed by atoms with Crippen molar-refractivity contribution in [3.63, 3.8) is 0 Å². The summed E-state index contributed by atoms with van der Waals surface area (Å²) in [5.74, 6) is 0.0990. The van der Waals surface area contributed by atoms with Gasteiger partial charge in [0.05, 0.1) is 44.0 Å². The molecule has 0 atom stereocenters. The molecule has 1 aromatic heterocycles. The molecule has 0 amide bonds. The minimum absolute atomic E-state index is 0.380. The van der Waals surface area contributed by atoms with E-state index in [1.54, 1.807) is 6.07 Å². The van der Waals surface area contributed by atoms with Gasteiger partial charge >= 0.3 is 5.97 Å². The first kappa shape index (κ1) is 29.6. The van der Waals surface area contributed by atoms with Crippen LogP contribution in [0.2, 0.25) is 0 Å². The van der Waals surface area contributed by atoms with E-state index in [9.17, 15) is 4.79 Å². The molecule has 0 spiro atoms. The number of pyridine rings is 1. The van der Waals surface area contributed by atoms with Gasteiger partial charge in [-0.15, -0.1) is 0 Å². The van der Waals surface area contributed by atoms with Gasteiger partial charge in [0, 0.05) is 28.8 Å². The number of quaternary nitrogens is 1. The van der Waals surface area contributed by atoms with Crippen molar-refractivity contribution < 1.29 is 14.0 Å². The summed E-state index contributed by atoms with van der Waals surface area (Å²) >= 11 is 0. The van der Waals surface area contributed by atoms with E-state index in [0.717, 1.165) is 53.5 Å². The van der Waals surface area contributed by atoms with Crippen molar-refractivity contribution in [2.75, 3.05) is 37.9 Å². The summed E-state index contributed by atoms with van der Waals surface area (Å²) in [4.78, 5) is 19.4. The summed E-state index contributed by atoms with van der Waals surface area (Å²) in [5, 5.41) is 0.980.